The number of hydrogen-bond acceptors (Lipinski definition) is 7. The molecule has 1 aromatic carbocycles. The molecule has 1 aliphatic rings. The van der Waals surface area contributed by atoms with E-state index >= 15 is 0 Å². The van der Waals surface area contributed by atoms with Crippen LogP contribution in [0.15, 0.2) is 52.2 Å². The zero-order chi connectivity index (χ0) is 22.2. The summed E-state index contributed by atoms with van der Waals surface area (Å²) in [6.07, 6.45) is 6.01. The van der Waals surface area contributed by atoms with Gasteiger partial charge in [0.05, 0.1) is 25.7 Å². The molecule has 0 radical (unpaired) electrons. The number of benzene rings is 1. The number of thioether (sulfide) groups is 1. The number of amides is 1. The average molecular weight is 456 g/mol. The zero-order valence-corrected chi connectivity index (χ0v) is 19.1. The molecule has 3 aromatic rings. The highest BCUT2D eigenvalue weighted by Crippen LogP contribution is 2.25. The number of methoxy groups -OCH3 is 1. The largest absolute Gasteiger partial charge is 0.497 e. The first kappa shape index (κ1) is 22.3. The van der Waals surface area contributed by atoms with Crippen molar-refractivity contribution < 1.29 is 13.9 Å². The van der Waals surface area contributed by atoms with E-state index in [0.717, 1.165) is 60.5 Å². The van der Waals surface area contributed by atoms with E-state index in [1.54, 1.807) is 13.4 Å². The molecule has 0 saturated carbocycles. The number of nitrogens with zero attached hydrogens (tertiary/aromatic N) is 4. The summed E-state index contributed by atoms with van der Waals surface area (Å²) >= 11 is 1.41. The van der Waals surface area contributed by atoms with Gasteiger partial charge >= 0.3 is 0 Å². The first-order chi connectivity index (χ1) is 15.7. The molecule has 1 fully saturated rings. The fourth-order valence-corrected chi connectivity index (χ4v) is 4.49. The van der Waals surface area contributed by atoms with Gasteiger partial charge in [-0.05, 0) is 55.5 Å². The van der Waals surface area contributed by atoms with Gasteiger partial charge in [0.15, 0.2) is 5.16 Å². The highest BCUT2D eigenvalue weighted by Gasteiger charge is 2.21. The molecule has 0 unspecified atom stereocenters. The van der Waals surface area contributed by atoms with Crippen LogP contribution in [-0.4, -0.2) is 53.2 Å². The number of carbonyl (C=O) groups is 1. The summed E-state index contributed by atoms with van der Waals surface area (Å²) in [5.41, 5.74) is 1.16. The molecule has 1 amide bonds. The number of aromatic nitrogens is 3. The molecule has 0 aliphatic carbocycles. The van der Waals surface area contributed by atoms with Crippen molar-refractivity contribution in [1.82, 2.24) is 20.1 Å². The minimum atomic E-state index is -0.0180. The number of ether oxygens (including phenoxy) is 1. The molecule has 1 aliphatic heterocycles. The lowest BCUT2D eigenvalue weighted by atomic mass is 10.1. The molecule has 2 aromatic heterocycles. The van der Waals surface area contributed by atoms with Gasteiger partial charge < -0.3 is 19.4 Å². The van der Waals surface area contributed by atoms with Crippen LogP contribution in [0.3, 0.4) is 0 Å². The molecular formula is C23H29N5O3S. The van der Waals surface area contributed by atoms with Crippen molar-refractivity contribution in [3.05, 3.63) is 54.0 Å². The van der Waals surface area contributed by atoms with Crippen LogP contribution in [-0.2, 0) is 17.8 Å². The molecule has 0 spiro atoms. The normalized spacial score (nSPS) is 13.8. The van der Waals surface area contributed by atoms with Gasteiger partial charge in [-0.25, -0.2) is 0 Å². The van der Waals surface area contributed by atoms with Crippen molar-refractivity contribution in [2.75, 3.05) is 37.4 Å². The van der Waals surface area contributed by atoms with Gasteiger partial charge in [-0.2, -0.15) is 0 Å². The first-order valence-corrected chi connectivity index (χ1v) is 11.9. The highest BCUT2D eigenvalue weighted by atomic mass is 32.2. The smallest absolute Gasteiger partial charge is 0.230 e. The van der Waals surface area contributed by atoms with Crippen LogP contribution >= 0.6 is 11.8 Å². The van der Waals surface area contributed by atoms with Gasteiger partial charge in [-0.15, -0.1) is 10.2 Å². The molecule has 32 heavy (non-hydrogen) atoms. The van der Waals surface area contributed by atoms with E-state index in [4.69, 9.17) is 9.15 Å². The summed E-state index contributed by atoms with van der Waals surface area (Å²) in [6, 6.07) is 11.7. The summed E-state index contributed by atoms with van der Waals surface area (Å²) < 4.78 is 12.8. The lowest BCUT2D eigenvalue weighted by Crippen LogP contribution is -2.32. The third kappa shape index (κ3) is 5.85. The SMILES string of the molecule is COc1ccc(CCNC(=O)CSc2nnc(N3CCCCC3)n2Cc2ccco2)cc1. The third-order valence-electron chi connectivity index (χ3n) is 5.46. The van der Waals surface area contributed by atoms with Crippen LogP contribution in [0.4, 0.5) is 5.95 Å². The minimum Gasteiger partial charge on any atom is -0.497 e. The predicted octanol–water partition coefficient (Wildman–Crippen LogP) is 3.37. The van der Waals surface area contributed by atoms with Crippen LogP contribution in [0.25, 0.3) is 0 Å². The summed E-state index contributed by atoms with van der Waals surface area (Å²) in [7, 11) is 1.65. The lowest BCUT2D eigenvalue weighted by Gasteiger charge is -2.27. The standard InChI is InChI=1S/C23H29N5O3S/c1-30-19-9-7-18(8-10-19)11-12-24-21(29)17-32-23-26-25-22(27-13-3-2-4-14-27)28(23)16-20-6-5-15-31-20/h5-10,15H,2-4,11-14,16-17H2,1H3,(H,24,29). The molecule has 0 atom stereocenters. The predicted molar refractivity (Wildman–Crippen MR) is 124 cm³/mol. The second-order valence-corrected chi connectivity index (χ2v) is 8.67. The Labute approximate surface area is 192 Å². The van der Waals surface area contributed by atoms with E-state index < -0.39 is 0 Å². The van der Waals surface area contributed by atoms with E-state index in [0.29, 0.717) is 18.8 Å². The summed E-state index contributed by atoms with van der Waals surface area (Å²) in [5, 5.41) is 12.6. The summed E-state index contributed by atoms with van der Waals surface area (Å²) in [4.78, 5) is 14.7. The van der Waals surface area contributed by atoms with Gasteiger partial charge in [-0.3, -0.25) is 9.36 Å². The van der Waals surface area contributed by atoms with Gasteiger partial charge in [0.25, 0.3) is 0 Å². The molecule has 4 rings (SSSR count). The maximum atomic E-state index is 12.4. The number of carbonyl (C=O) groups excluding carboxylic acids is 1. The highest BCUT2D eigenvalue weighted by molar-refractivity contribution is 7.99. The number of hydrogen-bond donors (Lipinski definition) is 1. The Morgan fingerprint density at radius 2 is 1.97 bits per heavy atom. The fourth-order valence-electron chi connectivity index (χ4n) is 3.73. The topological polar surface area (TPSA) is 85.4 Å². The number of nitrogens with one attached hydrogen (secondary N) is 1. The van der Waals surface area contributed by atoms with Crippen LogP contribution in [0, 0.1) is 0 Å². The molecule has 1 saturated heterocycles. The Morgan fingerprint density at radius 1 is 1.16 bits per heavy atom. The molecule has 3 heterocycles. The zero-order valence-electron chi connectivity index (χ0n) is 18.3. The van der Waals surface area contributed by atoms with Crippen molar-refractivity contribution in [3.63, 3.8) is 0 Å². The summed E-state index contributed by atoms with van der Waals surface area (Å²) in [5.74, 6) is 2.79. The molecule has 170 valence electrons. The van der Waals surface area contributed by atoms with Crippen molar-refractivity contribution in [3.8, 4) is 5.75 Å². The molecular weight excluding hydrogens is 426 g/mol. The van der Waals surface area contributed by atoms with Crippen molar-refractivity contribution in [2.45, 2.75) is 37.4 Å². The number of rotatable bonds is 10. The van der Waals surface area contributed by atoms with Crippen LogP contribution < -0.4 is 15.0 Å². The maximum Gasteiger partial charge on any atom is 0.230 e. The van der Waals surface area contributed by atoms with E-state index in [9.17, 15) is 4.79 Å². The minimum absolute atomic E-state index is 0.0180. The number of anilines is 1. The Morgan fingerprint density at radius 3 is 2.69 bits per heavy atom. The Kier molecular flexibility index (Phi) is 7.71. The second-order valence-electron chi connectivity index (χ2n) is 7.73. The van der Waals surface area contributed by atoms with Crippen LogP contribution in [0.5, 0.6) is 5.75 Å². The maximum absolute atomic E-state index is 12.4. The quantitative estimate of drug-likeness (QED) is 0.469. The van der Waals surface area contributed by atoms with Crippen LogP contribution in [0.2, 0.25) is 0 Å². The van der Waals surface area contributed by atoms with Crippen molar-refractivity contribution in [2.24, 2.45) is 0 Å². The second kappa shape index (κ2) is 11.1. The van der Waals surface area contributed by atoms with Gasteiger partial charge in [0, 0.05) is 19.6 Å². The van der Waals surface area contributed by atoms with Gasteiger partial charge in [0.2, 0.25) is 11.9 Å². The van der Waals surface area contributed by atoms with Gasteiger partial charge in [0.1, 0.15) is 11.5 Å². The van der Waals surface area contributed by atoms with E-state index in [1.165, 1.54) is 18.2 Å². The number of piperidine rings is 1. The van der Waals surface area contributed by atoms with Gasteiger partial charge in [-0.1, -0.05) is 23.9 Å². The van der Waals surface area contributed by atoms with Crippen LogP contribution in [0.1, 0.15) is 30.6 Å². The lowest BCUT2D eigenvalue weighted by molar-refractivity contribution is -0.118. The van der Waals surface area contributed by atoms with Crippen molar-refractivity contribution >= 4 is 23.6 Å². The van der Waals surface area contributed by atoms with Crippen molar-refractivity contribution in [1.29, 1.82) is 0 Å². The molecule has 9 heteroatoms. The third-order valence-corrected chi connectivity index (χ3v) is 6.42. The van der Waals surface area contributed by atoms with E-state index in [2.05, 4.69) is 25.0 Å². The Balaban J connectivity index is 1.33. The molecule has 8 nitrogen and oxygen atoms in total. The number of furan rings is 1. The fraction of sp³-hybridized carbons (Fsp3) is 0.435. The van der Waals surface area contributed by atoms with E-state index in [-0.39, 0.29) is 5.91 Å². The molecule has 1 N–H and O–H groups in total. The average Bonchev–Trinajstić information content (AvgIpc) is 3.49. The monoisotopic (exact) mass is 455 g/mol. The Bertz CT molecular complexity index is 982. The first-order valence-electron chi connectivity index (χ1n) is 11.0. The van der Waals surface area contributed by atoms with E-state index in [1.807, 2.05) is 36.4 Å². The summed E-state index contributed by atoms with van der Waals surface area (Å²) in [6.45, 7) is 3.09. The molecule has 0 bridgehead atoms. The Hall–Kier alpha value is -2.94.